The number of methoxy groups -OCH3 is 1. The van der Waals surface area contributed by atoms with Crippen LogP contribution in [0, 0.1) is 0 Å². The Kier molecular flexibility index (Phi) is 5.16. The predicted molar refractivity (Wildman–Crippen MR) is 70.5 cm³/mol. The third-order valence-electron chi connectivity index (χ3n) is 2.32. The molecule has 0 radical (unpaired) electrons. The third-order valence-corrected chi connectivity index (χ3v) is 2.32. The van der Waals surface area contributed by atoms with Gasteiger partial charge < -0.3 is 14.8 Å². The average molecular weight is 251 g/mol. The number of ether oxygens (including phenoxy) is 2. The van der Waals surface area contributed by atoms with Crippen molar-refractivity contribution in [2.24, 2.45) is 0 Å². The minimum Gasteiger partial charge on any atom is -0.497 e. The first-order chi connectivity index (χ1) is 8.40. The van der Waals surface area contributed by atoms with Crippen LogP contribution in [0.25, 0.3) is 0 Å². The molecular weight excluding hydrogens is 230 g/mol. The highest BCUT2D eigenvalue weighted by Crippen LogP contribution is 2.11. The Balaban J connectivity index is 2.33. The van der Waals surface area contributed by atoms with E-state index in [0.29, 0.717) is 0 Å². The summed E-state index contributed by atoms with van der Waals surface area (Å²) in [4.78, 5) is 11.5. The van der Waals surface area contributed by atoms with Crippen LogP contribution in [0.2, 0.25) is 0 Å². The number of carbonyl (C=O) groups is 1. The molecule has 0 bridgehead atoms. The molecular formula is C14H21NO3. The van der Waals surface area contributed by atoms with E-state index in [1.807, 2.05) is 45.0 Å². The third kappa shape index (κ3) is 5.68. The predicted octanol–water partition coefficient (Wildman–Crippen LogP) is 2.13. The first-order valence-corrected chi connectivity index (χ1v) is 5.94. The second-order valence-electron chi connectivity index (χ2n) is 5.11. The zero-order chi connectivity index (χ0) is 13.6. The van der Waals surface area contributed by atoms with Crippen LogP contribution >= 0.6 is 0 Å². The Morgan fingerprint density at radius 2 is 1.83 bits per heavy atom. The van der Waals surface area contributed by atoms with Gasteiger partial charge in [-0.1, -0.05) is 12.1 Å². The smallest absolute Gasteiger partial charge is 0.320 e. The quantitative estimate of drug-likeness (QED) is 0.814. The Hall–Kier alpha value is -1.55. The summed E-state index contributed by atoms with van der Waals surface area (Å²) in [5.41, 5.74) is 0.860. The Morgan fingerprint density at radius 3 is 2.33 bits per heavy atom. The van der Waals surface area contributed by atoms with Crippen LogP contribution in [-0.4, -0.2) is 25.2 Å². The summed E-state index contributed by atoms with van der Waals surface area (Å²) < 4.78 is 10.2. The van der Waals surface area contributed by atoms with Gasteiger partial charge in [0.15, 0.2) is 0 Å². The summed E-state index contributed by atoms with van der Waals surface area (Å²) in [7, 11) is 1.62. The minimum atomic E-state index is -0.249. The summed E-state index contributed by atoms with van der Waals surface area (Å²) in [6, 6.07) is 7.44. The zero-order valence-electron chi connectivity index (χ0n) is 11.4. The van der Waals surface area contributed by atoms with Crippen molar-refractivity contribution in [1.82, 2.24) is 5.32 Å². The Labute approximate surface area is 108 Å². The van der Waals surface area contributed by atoms with Gasteiger partial charge in [-0.2, -0.15) is 0 Å². The van der Waals surface area contributed by atoms with Crippen LogP contribution < -0.4 is 10.1 Å². The van der Waals surface area contributed by atoms with E-state index < -0.39 is 0 Å². The van der Waals surface area contributed by atoms with Gasteiger partial charge in [-0.05, 0) is 38.5 Å². The van der Waals surface area contributed by atoms with E-state index in [1.54, 1.807) is 7.11 Å². The van der Waals surface area contributed by atoms with Gasteiger partial charge in [-0.3, -0.25) is 4.79 Å². The SMILES string of the molecule is COc1ccc(COC(=O)CNC(C)(C)C)cc1. The average Bonchev–Trinajstić information content (AvgIpc) is 2.33. The maximum Gasteiger partial charge on any atom is 0.320 e. The minimum absolute atomic E-state index is 0.0842. The molecule has 4 nitrogen and oxygen atoms in total. The molecule has 100 valence electrons. The van der Waals surface area contributed by atoms with Crippen molar-refractivity contribution in [3.63, 3.8) is 0 Å². The summed E-state index contributed by atoms with van der Waals surface area (Å²) in [5, 5.41) is 3.08. The van der Waals surface area contributed by atoms with Crippen molar-refractivity contribution in [3.8, 4) is 5.75 Å². The van der Waals surface area contributed by atoms with E-state index >= 15 is 0 Å². The molecule has 0 atom stereocenters. The number of nitrogens with one attached hydrogen (secondary N) is 1. The topological polar surface area (TPSA) is 47.6 Å². The number of carbonyl (C=O) groups excluding carboxylic acids is 1. The van der Waals surface area contributed by atoms with Crippen LogP contribution in [-0.2, 0) is 16.1 Å². The fourth-order valence-corrected chi connectivity index (χ4v) is 1.27. The van der Waals surface area contributed by atoms with Gasteiger partial charge in [-0.25, -0.2) is 0 Å². The van der Waals surface area contributed by atoms with Crippen LogP contribution in [0.1, 0.15) is 26.3 Å². The molecule has 1 aromatic carbocycles. The standard InChI is InChI=1S/C14H21NO3/c1-14(2,3)15-9-13(16)18-10-11-5-7-12(17-4)8-6-11/h5-8,15H,9-10H2,1-4H3. The monoisotopic (exact) mass is 251 g/mol. The maximum atomic E-state index is 11.5. The molecule has 0 saturated carbocycles. The Morgan fingerprint density at radius 1 is 1.22 bits per heavy atom. The van der Waals surface area contributed by atoms with Crippen LogP contribution in [0.15, 0.2) is 24.3 Å². The molecule has 0 saturated heterocycles. The van der Waals surface area contributed by atoms with E-state index in [4.69, 9.17) is 9.47 Å². The molecule has 0 spiro atoms. The Bertz CT molecular complexity index is 379. The zero-order valence-corrected chi connectivity index (χ0v) is 11.4. The lowest BCUT2D eigenvalue weighted by Crippen LogP contribution is -2.39. The molecule has 1 aromatic rings. The number of esters is 1. The lowest BCUT2D eigenvalue weighted by molar-refractivity contribution is -0.144. The molecule has 1 N–H and O–H groups in total. The van der Waals surface area contributed by atoms with Crippen molar-refractivity contribution in [2.75, 3.05) is 13.7 Å². The van der Waals surface area contributed by atoms with Crippen molar-refractivity contribution in [1.29, 1.82) is 0 Å². The van der Waals surface area contributed by atoms with Crippen LogP contribution in [0.4, 0.5) is 0 Å². The van der Waals surface area contributed by atoms with E-state index in [2.05, 4.69) is 5.32 Å². The van der Waals surface area contributed by atoms with Crippen LogP contribution in [0.5, 0.6) is 5.75 Å². The van der Waals surface area contributed by atoms with Crippen molar-refractivity contribution >= 4 is 5.97 Å². The lowest BCUT2D eigenvalue weighted by atomic mass is 10.1. The largest absolute Gasteiger partial charge is 0.497 e. The highest BCUT2D eigenvalue weighted by atomic mass is 16.5. The second kappa shape index (κ2) is 6.40. The van der Waals surface area contributed by atoms with Crippen molar-refractivity contribution in [2.45, 2.75) is 32.9 Å². The van der Waals surface area contributed by atoms with Crippen LogP contribution in [0.3, 0.4) is 0 Å². The molecule has 1 rings (SSSR count). The molecule has 0 aliphatic heterocycles. The molecule has 0 unspecified atom stereocenters. The van der Waals surface area contributed by atoms with Crippen molar-refractivity contribution < 1.29 is 14.3 Å². The fraction of sp³-hybridized carbons (Fsp3) is 0.500. The maximum absolute atomic E-state index is 11.5. The first kappa shape index (κ1) is 14.5. The van der Waals surface area contributed by atoms with Gasteiger partial charge >= 0.3 is 5.97 Å². The van der Waals surface area contributed by atoms with Gasteiger partial charge in [0.1, 0.15) is 12.4 Å². The van der Waals surface area contributed by atoms with Gasteiger partial charge in [0.05, 0.1) is 13.7 Å². The molecule has 18 heavy (non-hydrogen) atoms. The summed E-state index contributed by atoms with van der Waals surface area (Å²) >= 11 is 0. The van der Waals surface area contributed by atoms with E-state index in [1.165, 1.54) is 0 Å². The molecule has 0 aliphatic rings. The number of rotatable bonds is 5. The van der Waals surface area contributed by atoms with E-state index in [9.17, 15) is 4.79 Å². The highest BCUT2D eigenvalue weighted by molar-refractivity contribution is 5.71. The number of hydrogen-bond acceptors (Lipinski definition) is 4. The number of benzene rings is 1. The molecule has 0 fully saturated rings. The second-order valence-corrected chi connectivity index (χ2v) is 5.11. The molecule has 0 aromatic heterocycles. The first-order valence-electron chi connectivity index (χ1n) is 5.94. The van der Waals surface area contributed by atoms with Crippen molar-refractivity contribution in [3.05, 3.63) is 29.8 Å². The normalized spacial score (nSPS) is 11.1. The highest BCUT2D eigenvalue weighted by Gasteiger charge is 2.11. The lowest BCUT2D eigenvalue weighted by Gasteiger charge is -2.19. The molecule has 4 heteroatoms. The molecule has 0 aliphatic carbocycles. The molecule has 0 heterocycles. The molecule has 0 amide bonds. The number of hydrogen-bond donors (Lipinski definition) is 1. The fourth-order valence-electron chi connectivity index (χ4n) is 1.27. The van der Waals surface area contributed by atoms with E-state index in [-0.39, 0.29) is 24.7 Å². The van der Waals surface area contributed by atoms with Gasteiger partial charge in [-0.15, -0.1) is 0 Å². The van der Waals surface area contributed by atoms with Gasteiger partial charge in [0, 0.05) is 5.54 Å². The van der Waals surface area contributed by atoms with Gasteiger partial charge in [0.25, 0.3) is 0 Å². The summed E-state index contributed by atoms with van der Waals surface area (Å²) in [6.07, 6.45) is 0. The van der Waals surface area contributed by atoms with Gasteiger partial charge in [0.2, 0.25) is 0 Å². The summed E-state index contributed by atoms with van der Waals surface area (Å²) in [5.74, 6) is 0.542. The summed E-state index contributed by atoms with van der Waals surface area (Å²) in [6.45, 7) is 6.52. The van der Waals surface area contributed by atoms with E-state index in [0.717, 1.165) is 11.3 Å².